The van der Waals surface area contributed by atoms with E-state index in [2.05, 4.69) is 20.6 Å². The molecule has 2 aromatic carbocycles. The van der Waals surface area contributed by atoms with Gasteiger partial charge in [-0.3, -0.25) is 15.1 Å². The number of ether oxygens (including phenoxy) is 4. The van der Waals surface area contributed by atoms with Crippen LogP contribution >= 0.6 is 11.3 Å². The minimum Gasteiger partial charge on any atom is -0.494 e. The summed E-state index contributed by atoms with van der Waals surface area (Å²) in [5.74, 6) is 1.92. The standard InChI is InChI=1S/C24H22N4O6S/c1-13-26-12-22(35-13)23(29)28-24(30)27-16-6-5-14(9-19(16)31-2)34-18-7-8-25-17-11-21(33-4)20(32-3)10-15(17)18/h5-12H,1-4H3,(H2,27,28,29,30). The van der Waals surface area contributed by atoms with Crippen molar-refractivity contribution in [1.29, 1.82) is 0 Å². The molecule has 0 aliphatic rings. The second-order valence-electron chi connectivity index (χ2n) is 7.15. The fourth-order valence-electron chi connectivity index (χ4n) is 3.29. The van der Waals surface area contributed by atoms with Crippen LogP contribution in [0.4, 0.5) is 10.5 Å². The van der Waals surface area contributed by atoms with Crippen LogP contribution in [0.5, 0.6) is 28.7 Å². The van der Waals surface area contributed by atoms with Crippen molar-refractivity contribution in [2.45, 2.75) is 6.92 Å². The third-order valence-corrected chi connectivity index (χ3v) is 5.84. The summed E-state index contributed by atoms with van der Waals surface area (Å²) >= 11 is 1.20. The van der Waals surface area contributed by atoms with Crippen molar-refractivity contribution in [1.82, 2.24) is 15.3 Å². The highest BCUT2D eigenvalue weighted by Crippen LogP contribution is 2.38. The molecule has 0 atom stereocenters. The monoisotopic (exact) mass is 494 g/mol. The summed E-state index contributed by atoms with van der Waals surface area (Å²) in [6.07, 6.45) is 3.05. The van der Waals surface area contributed by atoms with Crippen LogP contribution in [-0.2, 0) is 0 Å². The molecule has 0 saturated carbocycles. The smallest absolute Gasteiger partial charge is 0.326 e. The van der Waals surface area contributed by atoms with Crippen LogP contribution in [0.1, 0.15) is 14.7 Å². The molecule has 0 spiro atoms. The lowest BCUT2D eigenvalue weighted by molar-refractivity contribution is 0.0971. The van der Waals surface area contributed by atoms with Crippen molar-refractivity contribution < 1.29 is 28.5 Å². The Morgan fingerprint density at radius 1 is 0.886 bits per heavy atom. The van der Waals surface area contributed by atoms with E-state index in [4.69, 9.17) is 18.9 Å². The molecule has 2 aromatic heterocycles. The summed E-state index contributed by atoms with van der Waals surface area (Å²) in [4.78, 5) is 33.2. The fraction of sp³-hybridized carbons (Fsp3) is 0.167. The molecule has 4 rings (SSSR count). The number of rotatable bonds is 7. The Bertz CT molecular complexity index is 1400. The lowest BCUT2D eigenvalue weighted by atomic mass is 10.2. The molecule has 180 valence electrons. The van der Waals surface area contributed by atoms with Gasteiger partial charge in [-0.05, 0) is 31.2 Å². The van der Waals surface area contributed by atoms with Gasteiger partial charge in [0, 0.05) is 23.7 Å². The van der Waals surface area contributed by atoms with Crippen LogP contribution in [0, 0.1) is 6.92 Å². The third-order valence-electron chi connectivity index (χ3n) is 4.93. The maximum Gasteiger partial charge on any atom is 0.326 e. The van der Waals surface area contributed by atoms with Gasteiger partial charge in [-0.15, -0.1) is 11.3 Å². The predicted octanol–water partition coefficient (Wildman–Crippen LogP) is 4.78. The summed E-state index contributed by atoms with van der Waals surface area (Å²) in [6, 6.07) is 9.48. The van der Waals surface area contributed by atoms with Gasteiger partial charge in [-0.25, -0.2) is 9.78 Å². The molecule has 0 unspecified atom stereocenters. The summed E-state index contributed by atoms with van der Waals surface area (Å²) < 4.78 is 22.2. The first kappa shape index (κ1) is 23.8. The van der Waals surface area contributed by atoms with E-state index in [1.165, 1.54) is 24.6 Å². The topological polar surface area (TPSA) is 121 Å². The van der Waals surface area contributed by atoms with Crippen molar-refractivity contribution >= 4 is 39.9 Å². The number of pyridine rings is 1. The van der Waals surface area contributed by atoms with E-state index >= 15 is 0 Å². The molecule has 0 saturated heterocycles. The highest BCUT2D eigenvalue weighted by Gasteiger charge is 2.16. The largest absolute Gasteiger partial charge is 0.494 e. The lowest BCUT2D eigenvalue weighted by Gasteiger charge is -2.14. The van der Waals surface area contributed by atoms with Gasteiger partial charge in [0.25, 0.3) is 5.91 Å². The molecular formula is C24H22N4O6S. The number of carbonyl (C=O) groups is 2. The van der Waals surface area contributed by atoms with E-state index in [9.17, 15) is 9.59 Å². The Morgan fingerprint density at radius 3 is 2.31 bits per heavy atom. The van der Waals surface area contributed by atoms with Crippen molar-refractivity contribution in [2.24, 2.45) is 0 Å². The number of thiazole rings is 1. The molecule has 10 nitrogen and oxygen atoms in total. The molecule has 2 heterocycles. The third kappa shape index (κ3) is 5.25. The van der Waals surface area contributed by atoms with Crippen molar-refractivity contribution in [2.75, 3.05) is 26.6 Å². The summed E-state index contributed by atoms with van der Waals surface area (Å²) in [6.45, 7) is 1.78. The van der Waals surface area contributed by atoms with Gasteiger partial charge in [0.1, 0.15) is 22.1 Å². The number of nitrogens with one attached hydrogen (secondary N) is 2. The molecule has 3 amide bonds. The molecule has 4 aromatic rings. The number of aryl methyl sites for hydroxylation is 1. The van der Waals surface area contributed by atoms with Crippen molar-refractivity contribution in [3.05, 3.63) is 58.7 Å². The molecule has 0 fully saturated rings. The number of nitrogens with zero attached hydrogens (tertiary/aromatic N) is 2. The normalized spacial score (nSPS) is 10.5. The van der Waals surface area contributed by atoms with Gasteiger partial charge < -0.3 is 24.3 Å². The number of hydrogen-bond acceptors (Lipinski definition) is 9. The number of imide groups is 1. The second kappa shape index (κ2) is 10.3. The van der Waals surface area contributed by atoms with E-state index in [0.29, 0.717) is 44.8 Å². The number of fused-ring (bicyclic) bond motifs is 1. The highest BCUT2D eigenvalue weighted by molar-refractivity contribution is 7.13. The van der Waals surface area contributed by atoms with E-state index in [1.54, 1.807) is 63.7 Å². The molecule has 11 heteroatoms. The van der Waals surface area contributed by atoms with Gasteiger partial charge in [-0.2, -0.15) is 0 Å². The van der Waals surface area contributed by atoms with Crippen LogP contribution in [0.25, 0.3) is 10.9 Å². The minimum atomic E-state index is -0.700. The maximum absolute atomic E-state index is 12.3. The molecule has 0 radical (unpaired) electrons. The van der Waals surface area contributed by atoms with Crippen LogP contribution in [0.2, 0.25) is 0 Å². The van der Waals surface area contributed by atoms with Gasteiger partial charge in [-0.1, -0.05) is 0 Å². The Hall–Kier alpha value is -4.38. The summed E-state index contributed by atoms with van der Waals surface area (Å²) in [7, 11) is 4.58. The zero-order chi connectivity index (χ0) is 24.9. The molecular weight excluding hydrogens is 472 g/mol. The molecule has 0 bridgehead atoms. The average molecular weight is 495 g/mol. The molecule has 0 aliphatic carbocycles. The number of urea groups is 1. The lowest BCUT2D eigenvalue weighted by Crippen LogP contribution is -2.34. The van der Waals surface area contributed by atoms with Crippen LogP contribution in [-0.4, -0.2) is 43.2 Å². The first-order valence-corrected chi connectivity index (χ1v) is 11.1. The van der Waals surface area contributed by atoms with Crippen molar-refractivity contribution in [3.8, 4) is 28.7 Å². The van der Waals surface area contributed by atoms with E-state index in [-0.39, 0.29) is 0 Å². The average Bonchev–Trinajstić information content (AvgIpc) is 3.30. The van der Waals surface area contributed by atoms with Crippen LogP contribution in [0.3, 0.4) is 0 Å². The Kier molecular flexibility index (Phi) is 6.97. The minimum absolute atomic E-state index is 0.340. The SMILES string of the molecule is COc1cc(Oc2ccnc3cc(OC)c(OC)cc23)ccc1NC(=O)NC(=O)c1cnc(C)s1. The van der Waals surface area contributed by atoms with Crippen molar-refractivity contribution in [3.63, 3.8) is 0 Å². The van der Waals surface area contributed by atoms with Gasteiger partial charge in [0.15, 0.2) is 11.5 Å². The molecule has 35 heavy (non-hydrogen) atoms. The maximum atomic E-state index is 12.3. The number of hydrogen-bond donors (Lipinski definition) is 2. The van der Waals surface area contributed by atoms with Gasteiger partial charge in [0.05, 0.1) is 43.7 Å². The number of amides is 3. The predicted molar refractivity (Wildman–Crippen MR) is 131 cm³/mol. The number of benzene rings is 2. The Labute approximate surface area is 204 Å². The fourth-order valence-corrected chi connectivity index (χ4v) is 3.96. The van der Waals surface area contributed by atoms with Crippen LogP contribution in [0.15, 0.2) is 48.8 Å². The molecule has 0 aliphatic heterocycles. The quantitative estimate of drug-likeness (QED) is 0.377. The Morgan fingerprint density at radius 2 is 1.63 bits per heavy atom. The van der Waals surface area contributed by atoms with Gasteiger partial charge >= 0.3 is 6.03 Å². The second-order valence-corrected chi connectivity index (χ2v) is 8.38. The van der Waals surface area contributed by atoms with E-state index in [0.717, 1.165) is 10.4 Å². The zero-order valence-corrected chi connectivity index (χ0v) is 20.2. The number of methoxy groups -OCH3 is 3. The first-order chi connectivity index (χ1) is 16.9. The van der Waals surface area contributed by atoms with Crippen LogP contribution < -0.4 is 29.6 Å². The summed E-state index contributed by atoms with van der Waals surface area (Å²) in [5.41, 5.74) is 1.03. The number of anilines is 1. The van der Waals surface area contributed by atoms with E-state index < -0.39 is 11.9 Å². The number of carbonyl (C=O) groups excluding carboxylic acids is 2. The highest BCUT2D eigenvalue weighted by atomic mass is 32.1. The first-order valence-electron chi connectivity index (χ1n) is 10.3. The Balaban J connectivity index is 1.53. The zero-order valence-electron chi connectivity index (χ0n) is 19.4. The number of aromatic nitrogens is 2. The van der Waals surface area contributed by atoms with Gasteiger partial charge in [0.2, 0.25) is 0 Å². The summed E-state index contributed by atoms with van der Waals surface area (Å²) in [5, 5.41) is 6.33. The molecule has 2 N–H and O–H groups in total. The van der Waals surface area contributed by atoms with E-state index in [1.807, 2.05) is 0 Å².